The van der Waals surface area contributed by atoms with Gasteiger partial charge in [-0.3, -0.25) is 0 Å². The maximum Gasteiger partial charge on any atom is 0.356 e. The number of rotatable bonds is 3. The van der Waals surface area contributed by atoms with Crippen LogP contribution in [0.1, 0.15) is 10.5 Å². The molecule has 0 amide bonds. The van der Waals surface area contributed by atoms with Crippen molar-refractivity contribution in [3.05, 3.63) is 48.5 Å². The van der Waals surface area contributed by atoms with Crippen molar-refractivity contribution in [3.63, 3.8) is 0 Å². The third-order valence-corrected chi connectivity index (χ3v) is 3.72. The van der Waals surface area contributed by atoms with Gasteiger partial charge >= 0.3 is 5.97 Å². The Kier molecular flexibility index (Phi) is 2.68. The molecule has 1 aromatic heterocycles. The van der Waals surface area contributed by atoms with Gasteiger partial charge in [0, 0.05) is 0 Å². The molecule has 0 aliphatic rings. The van der Waals surface area contributed by atoms with Crippen LogP contribution in [0.3, 0.4) is 0 Å². The normalized spacial score (nSPS) is 11.3. The second-order valence-electron chi connectivity index (χ2n) is 3.21. The van der Waals surface area contributed by atoms with Crippen molar-refractivity contribution < 1.29 is 18.3 Å². The number of carboxylic acid groups (broad SMARTS) is 1. The van der Waals surface area contributed by atoms with Gasteiger partial charge in [-0.05, 0) is 12.1 Å². The Morgan fingerprint density at radius 2 is 1.88 bits per heavy atom. The molecule has 1 N–H and O–H groups in total. The summed E-state index contributed by atoms with van der Waals surface area (Å²) in [5.41, 5.74) is -0.315. The van der Waals surface area contributed by atoms with E-state index in [9.17, 15) is 13.2 Å². The number of aromatic nitrogens is 2. The highest BCUT2D eigenvalue weighted by Gasteiger charge is 2.18. The van der Waals surface area contributed by atoms with Crippen LogP contribution in [0.2, 0.25) is 0 Å². The van der Waals surface area contributed by atoms with Crippen molar-refractivity contribution >= 4 is 16.0 Å². The lowest BCUT2D eigenvalue weighted by atomic mass is 10.4. The van der Waals surface area contributed by atoms with Gasteiger partial charge in [0.2, 0.25) is 0 Å². The molecular formula is C10H8N2O4S. The van der Waals surface area contributed by atoms with E-state index in [4.69, 9.17) is 5.11 Å². The zero-order valence-electron chi connectivity index (χ0n) is 8.52. The molecule has 1 aromatic carbocycles. The van der Waals surface area contributed by atoms with Gasteiger partial charge < -0.3 is 5.11 Å². The molecular weight excluding hydrogens is 244 g/mol. The fourth-order valence-corrected chi connectivity index (χ4v) is 2.42. The number of carbonyl (C=O) groups is 1. The molecule has 0 aliphatic carbocycles. The largest absolute Gasteiger partial charge is 0.476 e. The number of aromatic carboxylic acids is 1. The third-order valence-electron chi connectivity index (χ3n) is 2.10. The lowest BCUT2D eigenvalue weighted by Gasteiger charge is -2.03. The lowest BCUT2D eigenvalue weighted by molar-refractivity contribution is 0.0691. The Morgan fingerprint density at radius 1 is 1.24 bits per heavy atom. The van der Waals surface area contributed by atoms with E-state index in [0.29, 0.717) is 0 Å². The van der Waals surface area contributed by atoms with E-state index in [1.807, 2.05) is 0 Å². The van der Waals surface area contributed by atoms with E-state index in [2.05, 4.69) is 4.98 Å². The summed E-state index contributed by atoms with van der Waals surface area (Å²) in [7, 11) is -3.76. The fraction of sp³-hybridized carbons (Fsp3) is 0. The molecule has 0 unspecified atom stereocenters. The summed E-state index contributed by atoms with van der Waals surface area (Å²) in [4.78, 5) is 14.2. The van der Waals surface area contributed by atoms with Crippen LogP contribution in [0.5, 0.6) is 0 Å². The topological polar surface area (TPSA) is 89.3 Å². The molecule has 2 aromatic rings. The van der Waals surface area contributed by atoms with Crippen molar-refractivity contribution in [3.8, 4) is 0 Å². The van der Waals surface area contributed by atoms with E-state index in [0.717, 1.165) is 16.5 Å². The van der Waals surface area contributed by atoms with Crippen molar-refractivity contribution in [2.75, 3.05) is 0 Å². The second-order valence-corrected chi connectivity index (χ2v) is 5.06. The van der Waals surface area contributed by atoms with Gasteiger partial charge in [-0.1, -0.05) is 18.2 Å². The SMILES string of the molecule is O=C(O)c1cn(S(=O)(=O)c2ccccc2)cn1. The Hall–Kier alpha value is -2.15. The summed E-state index contributed by atoms with van der Waals surface area (Å²) in [5, 5.41) is 8.66. The van der Waals surface area contributed by atoms with Crippen LogP contribution in [-0.4, -0.2) is 28.5 Å². The average molecular weight is 252 g/mol. The van der Waals surface area contributed by atoms with Crippen LogP contribution in [0.25, 0.3) is 0 Å². The first-order chi connectivity index (χ1) is 8.01. The summed E-state index contributed by atoms with van der Waals surface area (Å²) < 4.78 is 24.8. The summed E-state index contributed by atoms with van der Waals surface area (Å²) >= 11 is 0. The zero-order valence-corrected chi connectivity index (χ0v) is 9.33. The molecule has 0 saturated carbocycles. The monoisotopic (exact) mass is 252 g/mol. The summed E-state index contributed by atoms with van der Waals surface area (Å²) in [5.74, 6) is -1.27. The molecule has 0 saturated heterocycles. The van der Waals surface area contributed by atoms with E-state index in [1.165, 1.54) is 12.1 Å². The molecule has 17 heavy (non-hydrogen) atoms. The maximum absolute atomic E-state index is 12.0. The van der Waals surface area contributed by atoms with E-state index in [1.54, 1.807) is 18.2 Å². The van der Waals surface area contributed by atoms with Gasteiger partial charge in [0.25, 0.3) is 10.0 Å². The number of benzene rings is 1. The lowest BCUT2D eigenvalue weighted by Crippen LogP contribution is -2.10. The molecule has 0 bridgehead atoms. The van der Waals surface area contributed by atoms with Gasteiger partial charge in [0.1, 0.15) is 6.33 Å². The Bertz CT molecular complexity index is 646. The van der Waals surface area contributed by atoms with Gasteiger partial charge in [-0.25, -0.2) is 22.2 Å². The van der Waals surface area contributed by atoms with E-state index < -0.39 is 16.0 Å². The number of hydrogen-bond donors (Lipinski definition) is 1. The smallest absolute Gasteiger partial charge is 0.356 e. The number of imidazole rings is 1. The van der Waals surface area contributed by atoms with Crippen molar-refractivity contribution in [1.29, 1.82) is 0 Å². The van der Waals surface area contributed by atoms with E-state index >= 15 is 0 Å². The molecule has 0 fully saturated rings. The number of carboxylic acids is 1. The minimum atomic E-state index is -3.76. The Labute approximate surface area is 97.2 Å². The minimum absolute atomic E-state index is 0.0781. The van der Waals surface area contributed by atoms with Gasteiger partial charge in [0.05, 0.1) is 11.1 Å². The van der Waals surface area contributed by atoms with Crippen LogP contribution in [-0.2, 0) is 10.0 Å². The van der Waals surface area contributed by atoms with Crippen LogP contribution < -0.4 is 0 Å². The van der Waals surface area contributed by atoms with Crippen molar-refractivity contribution in [1.82, 2.24) is 8.96 Å². The molecule has 0 radical (unpaired) electrons. The van der Waals surface area contributed by atoms with Crippen LogP contribution >= 0.6 is 0 Å². The summed E-state index contributed by atoms with van der Waals surface area (Å²) in [6.45, 7) is 0. The molecule has 0 atom stereocenters. The second kappa shape index (κ2) is 4.02. The molecule has 0 spiro atoms. The van der Waals surface area contributed by atoms with Gasteiger partial charge in [-0.15, -0.1) is 0 Å². The Morgan fingerprint density at radius 3 is 2.41 bits per heavy atom. The summed E-state index contributed by atoms with van der Waals surface area (Å²) in [6.07, 6.45) is 1.93. The fourth-order valence-electron chi connectivity index (χ4n) is 1.26. The maximum atomic E-state index is 12.0. The van der Waals surface area contributed by atoms with Crippen LogP contribution in [0.4, 0.5) is 0 Å². The standard InChI is InChI=1S/C10H8N2O4S/c13-10(14)9-6-12(7-11-9)17(15,16)8-4-2-1-3-5-8/h1-7H,(H,13,14). The predicted molar refractivity (Wildman–Crippen MR) is 58.2 cm³/mol. The highest BCUT2D eigenvalue weighted by molar-refractivity contribution is 7.90. The first kappa shape index (κ1) is 11.3. The van der Waals surface area contributed by atoms with Gasteiger partial charge in [0.15, 0.2) is 5.69 Å². The first-order valence-electron chi connectivity index (χ1n) is 4.60. The number of nitrogens with zero attached hydrogens (tertiary/aromatic N) is 2. The third kappa shape index (κ3) is 2.04. The molecule has 6 nitrogen and oxygen atoms in total. The molecule has 1 heterocycles. The first-order valence-corrected chi connectivity index (χ1v) is 6.04. The number of hydrogen-bond acceptors (Lipinski definition) is 4. The average Bonchev–Trinajstić information content (AvgIpc) is 2.80. The molecule has 0 aliphatic heterocycles. The highest BCUT2D eigenvalue weighted by atomic mass is 32.2. The van der Waals surface area contributed by atoms with Crippen LogP contribution in [0, 0.1) is 0 Å². The van der Waals surface area contributed by atoms with Crippen molar-refractivity contribution in [2.24, 2.45) is 0 Å². The quantitative estimate of drug-likeness (QED) is 0.873. The van der Waals surface area contributed by atoms with Crippen LogP contribution in [0.15, 0.2) is 47.8 Å². The minimum Gasteiger partial charge on any atom is -0.476 e. The van der Waals surface area contributed by atoms with E-state index in [-0.39, 0.29) is 10.6 Å². The zero-order chi connectivity index (χ0) is 12.5. The molecule has 2 rings (SSSR count). The van der Waals surface area contributed by atoms with Crippen molar-refractivity contribution in [2.45, 2.75) is 4.90 Å². The predicted octanol–water partition coefficient (Wildman–Crippen LogP) is 0.818. The highest BCUT2D eigenvalue weighted by Crippen LogP contribution is 2.13. The van der Waals surface area contributed by atoms with Gasteiger partial charge in [-0.2, -0.15) is 0 Å². The Balaban J connectivity index is 2.49. The molecule has 88 valence electrons. The molecule has 7 heteroatoms. The summed E-state index contributed by atoms with van der Waals surface area (Å²) in [6, 6.07) is 7.71.